The Morgan fingerprint density at radius 1 is 0.621 bits per heavy atom. The van der Waals surface area contributed by atoms with Gasteiger partial charge in [-0.3, -0.25) is 43.2 Å². The van der Waals surface area contributed by atoms with E-state index >= 15 is 0 Å². The Balaban J connectivity index is 1.33. The molecule has 5 rings (SSSR count). The van der Waals surface area contributed by atoms with Crippen LogP contribution in [0.5, 0.6) is 0 Å². The van der Waals surface area contributed by atoms with E-state index < -0.39 is 95.5 Å². The fourth-order valence-electron chi connectivity index (χ4n) is 8.12. The monoisotopic (exact) mass is 920 g/mol. The normalized spacial score (nSPS) is 18.0. The minimum Gasteiger partial charge on any atom is -0.370 e. The molecule has 2 saturated heterocycles. The molecule has 0 aliphatic carbocycles. The van der Waals surface area contributed by atoms with E-state index in [4.69, 9.17) is 17.2 Å². The zero-order valence-corrected chi connectivity index (χ0v) is 36.8. The van der Waals surface area contributed by atoms with Crippen LogP contribution in [0.1, 0.15) is 81.8 Å². The van der Waals surface area contributed by atoms with Gasteiger partial charge in [0.1, 0.15) is 42.3 Å². The fraction of sp³-hybridized carbons (Fsp3) is 0.561. The second-order valence-corrected chi connectivity index (χ2v) is 16.4. The number of hydrogen-bond acceptors (Lipinski definition) is 13. The largest absolute Gasteiger partial charge is 0.370 e. The van der Waals surface area contributed by atoms with Gasteiger partial charge in [0, 0.05) is 81.4 Å². The van der Waals surface area contributed by atoms with E-state index in [1.165, 1.54) is 54.3 Å². The molecule has 2 fully saturated rings. The summed E-state index contributed by atoms with van der Waals surface area (Å²) in [6.07, 6.45) is 10.9. The molecule has 0 saturated carbocycles. The van der Waals surface area contributed by atoms with Crippen molar-refractivity contribution in [2.75, 3.05) is 19.6 Å². The molecule has 3 aromatic heterocycles. The van der Waals surface area contributed by atoms with Crippen LogP contribution in [-0.4, -0.2) is 155 Å². The number of nitrogens with one attached hydrogen (secondary N) is 8. The van der Waals surface area contributed by atoms with Gasteiger partial charge in [0.25, 0.3) is 0 Å². The summed E-state index contributed by atoms with van der Waals surface area (Å²) >= 11 is 0. The SMILES string of the molecule is CC(=O)N[C@@H](CCCCN)C(=O)N[C@@H](Cc1cnc[nH]1)C(=O)N1CCC[C@H]1C(=O)N[C@@H](Cc1cnc[nH]1)C(=O)N1CCC[C@H]1C(=O)N[C@@H](Cc1cnc[nH]1)C(=O)N[C@@H](CCC(N)=O)C(N)=O. The molecule has 7 atom stereocenters. The first-order chi connectivity index (χ1) is 31.6. The summed E-state index contributed by atoms with van der Waals surface area (Å²) in [5, 5.41) is 13.5. The topological polar surface area (TPSA) is 384 Å². The van der Waals surface area contributed by atoms with Gasteiger partial charge in [0.05, 0.1) is 19.0 Å². The highest BCUT2D eigenvalue weighted by molar-refractivity contribution is 5.98. The summed E-state index contributed by atoms with van der Waals surface area (Å²) in [5.74, 6) is -5.91. The first kappa shape index (κ1) is 49.8. The second kappa shape index (κ2) is 24.2. The number of likely N-dealkylation sites (tertiary alicyclic amines) is 2. The first-order valence-electron chi connectivity index (χ1n) is 21.9. The number of hydrogen-bond donors (Lipinski definition) is 11. The molecule has 2 aliphatic rings. The number of nitrogens with two attached hydrogens (primary N) is 3. The van der Waals surface area contributed by atoms with E-state index in [2.05, 4.69) is 56.5 Å². The number of imidazole rings is 3. The Bertz CT molecular complexity index is 2130. The van der Waals surface area contributed by atoms with Crippen molar-refractivity contribution in [1.82, 2.24) is 66.3 Å². The summed E-state index contributed by atoms with van der Waals surface area (Å²) in [7, 11) is 0. The van der Waals surface area contributed by atoms with Crippen molar-refractivity contribution in [2.45, 2.75) is 126 Å². The van der Waals surface area contributed by atoms with E-state index in [1.807, 2.05) is 0 Å². The van der Waals surface area contributed by atoms with Gasteiger partial charge >= 0.3 is 0 Å². The number of unbranched alkanes of at least 4 members (excludes halogenated alkanes) is 1. The predicted molar refractivity (Wildman–Crippen MR) is 232 cm³/mol. The zero-order chi connectivity index (χ0) is 47.8. The van der Waals surface area contributed by atoms with Gasteiger partial charge in [-0.1, -0.05) is 0 Å². The van der Waals surface area contributed by atoms with Crippen LogP contribution < -0.4 is 43.8 Å². The zero-order valence-electron chi connectivity index (χ0n) is 36.8. The van der Waals surface area contributed by atoms with E-state index in [9.17, 15) is 43.2 Å². The van der Waals surface area contributed by atoms with Crippen molar-refractivity contribution in [1.29, 1.82) is 0 Å². The Morgan fingerprint density at radius 2 is 1.08 bits per heavy atom. The third-order valence-corrected chi connectivity index (χ3v) is 11.5. The van der Waals surface area contributed by atoms with Crippen molar-refractivity contribution in [3.63, 3.8) is 0 Å². The predicted octanol–water partition coefficient (Wildman–Crippen LogP) is -3.81. The maximum absolute atomic E-state index is 14.6. The number of H-pyrrole nitrogens is 3. The number of primary amides is 2. The molecule has 25 heteroatoms. The summed E-state index contributed by atoms with van der Waals surface area (Å²) in [5.41, 5.74) is 17.9. The summed E-state index contributed by atoms with van der Waals surface area (Å²) < 4.78 is 0. The Labute approximate surface area is 379 Å². The second-order valence-electron chi connectivity index (χ2n) is 16.4. The number of aromatic nitrogens is 6. The highest BCUT2D eigenvalue weighted by Crippen LogP contribution is 2.23. The highest BCUT2D eigenvalue weighted by Gasteiger charge is 2.43. The Hall–Kier alpha value is -7.18. The summed E-state index contributed by atoms with van der Waals surface area (Å²) in [6.45, 7) is 1.99. The minimum atomic E-state index is -1.29. The molecule has 14 N–H and O–H groups in total. The number of nitrogens with zero attached hydrogens (tertiary/aromatic N) is 5. The fourth-order valence-corrected chi connectivity index (χ4v) is 8.12. The lowest BCUT2D eigenvalue weighted by atomic mass is 10.0. The molecule has 358 valence electrons. The van der Waals surface area contributed by atoms with Crippen LogP contribution >= 0.6 is 0 Å². The summed E-state index contributed by atoms with van der Waals surface area (Å²) in [6, 6.07) is -8.03. The molecule has 3 aromatic rings. The lowest BCUT2D eigenvalue weighted by molar-refractivity contribution is -0.144. The number of carbonyl (C=O) groups is 9. The van der Waals surface area contributed by atoms with Gasteiger partial charge in [0.2, 0.25) is 53.2 Å². The number of amides is 9. The maximum Gasteiger partial charge on any atom is 0.246 e. The van der Waals surface area contributed by atoms with E-state index in [1.54, 1.807) is 0 Å². The highest BCUT2D eigenvalue weighted by atomic mass is 16.2. The van der Waals surface area contributed by atoms with Gasteiger partial charge in [0.15, 0.2) is 0 Å². The quantitative estimate of drug-likeness (QED) is 0.0364. The van der Waals surface area contributed by atoms with Crippen LogP contribution in [0, 0.1) is 0 Å². The molecular formula is C41H60N16O9. The number of aromatic amines is 3. The molecule has 66 heavy (non-hydrogen) atoms. The van der Waals surface area contributed by atoms with Crippen LogP contribution in [0.15, 0.2) is 37.6 Å². The molecule has 9 amide bonds. The molecule has 2 aliphatic heterocycles. The van der Waals surface area contributed by atoms with Gasteiger partial charge in [-0.05, 0) is 57.9 Å². The molecule has 5 heterocycles. The molecule has 0 aromatic carbocycles. The van der Waals surface area contributed by atoms with E-state index in [0.717, 1.165) is 0 Å². The van der Waals surface area contributed by atoms with Crippen LogP contribution in [0.3, 0.4) is 0 Å². The van der Waals surface area contributed by atoms with Crippen LogP contribution in [-0.2, 0) is 62.4 Å². The van der Waals surface area contributed by atoms with E-state index in [0.29, 0.717) is 49.3 Å². The molecular weight excluding hydrogens is 861 g/mol. The smallest absolute Gasteiger partial charge is 0.246 e. The average Bonchev–Trinajstić information content (AvgIpc) is 4.14. The molecule has 0 spiro atoms. The summed E-state index contributed by atoms with van der Waals surface area (Å²) in [4.78, 5) is 144. The first-order valence-corrected chi connectivity index (χ1v) is 21.9. The van der Waals surface area contributed by atoms with Crippen molar-refractivity contribution >= 4 is 53.2 Å². The van der Waals surface area contributed by atoms with Crippen molar-refractivity contribution in [2.24, 2.45) is 17.2 Å². The van der Waals surface area contributed by atoms with Gasteiger partial charge < -0.3 is 68.5 Å². The van der Waals surface area contributed by atoms with E-state index in [-0.39, 0.29) is 64.5 Å². The third-order valence-electron chi connectivity index (χ3n) is 11.5. The molecule has 0 radical (unpaired) electrons. The third kappa shape index (κ3) is 14.2. The minimum absolute atomic E-state index is 0.00419. The molecule has 0 bridgehead atoms. The lowest BCUT2D eigenvalue weighted by Gasteiger charge is -2.32. The van der Waals surface area contributed by atoms with Gasteiger partial charge in [-0.2, -0.15) is 0 Å². The number of carbonyl (C=O) groups excluding carboxylic acids is 9. The lowest BCUT2D eigenvalue weighted by Crippen LogP contribution is -2.60. The van der Waals surface area contributed by atoms with Crippen LogP contribution in [0.2, 0.25) is 0 Å². The maximum atomic E-state index is 14.6. The Kier molecular flexibility index (Phi) is 18.3. The standard InChI is InChI=1S/C41H60N16O9/c1-23(58)51-28(6-2-3-11-42)36(61)54-30(15-25-18-46-21-49-25)40(65)57-13-5-8-33(57)39(64)55-31(16-26-19-47-22-50-26)41(66)56-12-4-7-32(56)38(63)53-29(14-24-17-45-20-48-24)37(62)52-27(35(44)60)9-10-34(43)59/h17-22,27-33H,2-16,42H2,1H3,(H2,43,59)(H2,44,60)(H,45,48)(H,46,49)(H,47,50)(H,51,58)(H,52,62)(H,53,63)(H,54,61)(H,55,64)/t27-,28-,29-,30-,31-,32-,33-/m0/s1. The van der Waals surface area contributed by atoms with Crippen LogP contribution in [0.25, 0.3) is 0 Å². The van der Waals surface area contributed by atoms with Crippen molar-refractivity contribution < 1.29 is 43.2 Å². The van der Waals surface area contributed by atoms with Gasteiger partial charge in [-0.15, -0.1) is 0 Å². The molecule has 0 unspecified atom stereocenters. The van der Waals surface area contributed by atoms with Gasteiger partial charge in [-0.25, -0.2) is 15.0 Å². The molecule has 25 nitrogen and oxygen atoms in total. The van der Waals surface area contributed by atoms with Crippen molar-refractivity contribution in [3.05, 3.63) is 54.7 Å². The van der Waals surface area contributed by atoms with Crippen LogP contribution in [0.4, 0.5) is 0 Å². The number of rotatable bonds is 25. The Morgan fingerprint density at radius 3 is 1.52 bits per heavy atom. The average molecular weight is 921 g/mol. The van der Waals surface area contributed by atoms with Crippen molar-refractivity contribution in [3.8, 4) is 0 Å².